The van der Waals surface area contributed by atoms with Crippen LogP contribution in [0.3, 0.4) is 0 Å². The Morgan fingerprint density at radius 1 is 1.03 bits per heavy atom. The van der Waals surface area contributed by atoms with E-state index in [1.165, 1.54) is 0 Å². The molecule has 0 heterocycles. The van der Waals surface area contributed by atoms with Crippen molar-refractivity contribution in [3.8, 4) is 5.75 Å². The number of carbonyl (C=O) groups excluding carboxylic acids is 2. The molecule has 0 aromatic heterocycles. The highest BCUT2D eigenvalue weighted by molar-refractivity contribution is 5.91. The highest BCUT2D eigenvalue weighted by atomic mass is 16.5. The Labute approximate surface area is 190 Å². The van der Waals surface area contributed by atoms with Gasteiger partial charge in [0.15, 0.2) is 0 Å². The lowest BCUT2D eigenvalue weighted by atomic mass is 9.97. The van der Waals surface area contributed by atoms with Crippen LogP contribution in [0.25, 0.3) is 0 Å². The molecule has 0 aliphatic rings. The summed E-state index contributed by atoms with van der Waals surface area (Å²) in [7, 11) is 0. The van der Waals surface area contributed by atoms with E-state index in [0.29, 0.717) is 23.2 Å². The average Bonchev–Trinajstić information content (AvgIpc) is 2.69. The van der Waals surface area contributed by atoms with E-state index in [1.807, 2.05) is 33.8 Å². The second-order valence-corrected chi connectivity index (χ2v) is 10.1. The minimum Gasteiger partial charge on any atom is -0.460 e. The van der Waals surface area contributed by atoms with Gasteiger partial charge >= 0.3 is 11.9 Å². The number of aryl methyl sites for hydroxylation is 1. The number of ether oxygens (including phenoxy) is 2. The van der Waals surface area contributed by atoms with Crippen molar-refractivity contribution in [2.75, 3.05) is 6.54 Å². The van der Waals surface area contributed by atoms with Gasteiger partial charge in [0.2, 0.25) is 0 Å². The number of carbonyl (C=O) groups is 2. The minimum atomic E-state index is -0.771. The summed E-state index contributed by atoms with van der Waals surface area (Å²) in [6.45, 7) is 13.6. The maximum Gasteiger partial charge on any atom is 0.343 e. The van der Waals surface area contributed by atoms with E-state index in [-0.39, 0.29) is 23.9 Å². The highest BCUT2D eigenvalue weighted by Crippen LogP contribution is 2.27. The summed E-state index contributed by atoms with van der Waals surface area (Å²) in [6.07, 6.45) is -0.771. The number of β-amino-alcohol motifs (C(OH)–C–C–N with tert-alkyl or cyclic N) is 1. The molecule has 0 aliphatic carbocycles. The van der Waals surface area contributed by atoms with Crippen LogP contribution >= 0.6 is 0 Å². The van der Waals surface area contributed by atoms with Crippen LogP contribution < -0.4 is 10.1 Å². The van der Waals surface area contributed by atoms with E-state index in [4.69, 9.17) is 9.47 Å². The molecule has 0 saturated heterocycles. The molecule has 0 radical (unpaired) electrons. The number of hydrogen-bond donors (Lipinski definition) is 2. The van der Waals surface area contributed by atoms with Crippen molar-refractivity contribution in [1.29, 1.82) is 0 Å². The Morgan fingerprint density at radius 2 is 1.72 bits per heavy atom. The van der Waals surface area contributed by atoms with E-state index in [0.717, 1.165) is 5.56 Å². The van der Waals surface area contributed by atoms with E-state index in [2.05, 4.69) is 5.32 Å². The van der Waals surface area contributed by atoms with Crippen molar-refractivity contribution in [3.63, 3.8) is 0 Å². The molecule has 2 aromatic rings. The lowest BCUT2D eigenvalue weighted by Crippen LogP contribution is -2.38. The number of esters is 2. The van der Waals surface area contributed by atoms with Crippen molar-refractivity contribution < 1.29 is 24.2 Å². The SMILES string of the molecule is Cc1cccc(C(=O)Oc2ccc(C(O)CNC(C)(C)C)cc2COC(=O)C(C)(C)C)c1. The Morgan fingerprint density at radius 3 is 2.31 bits per heavy atom. The molecular weight excluding hydrogens is 406 g/mol. The first-order chi connectivity index (χ1) is 14.8. The lowest BCUT2D eigenvalue weighted by Gasteiger charge is -2.23. The molecular formula is C26H35NO5. The zero-order chi connectivity index (χ0) is 24.1. The van der Waals surface area contributed by atoms with Crippen molar-refractivity contribution in [2.45, 2.75) is 66.7 Å². The summed E-state index contributed by atoms with van der Waals surface area (Å²) in [5, 5.41) is 13.9. The van der Waals surface area contributed by atoms with Gasteiger partial charge in [-0.2, -0.15) is 0 Å². The maximum atomic E-state index is 12.7. The normalized spacial score (nSPS) is 12.9. The maximum absolute atomic E-state index is 12.7. The smallest absolute Gasteiger partial charge is 0.343 e. The van der Waals surface area contributed by atoms with Crippen LogP contribution in [0.2, 0.25) is 0 Å². The van der Waals surface area contributed by atoms with E-state index < -0.39 is 17.5 Å². The van der Waals surface area contributed by atoms with Gasteiger partial charge in [0.25, 0.3) is 0 Å². The van der Waals surface area contributed by atoms with Gasteiger partial charge in [0.05, 0.1) is 17.1 Å². The fraction of sp³-hybridized carbons (Fsp3) is 0.462. The number of rotatable bonds is 7. The van der Waals surface area contributed by atoms with Crippen molar-refractivity contribution in [3.05, 3.63) is 64.7 Å². The van der Waals surface area contributed by atoms with Gasteiger partial charge in [-0.3, -0.25) is 4.79 Å². The average molecular weight is 442 g/mol. The zero-order valence-electron chi connectivity index (χ0n) is 20.1. The van der Waals surface area contributed by atoms with Crippen LogP contribution in [0.15, 0.2) is 42.5 Å². The molecule has 2 aromatic carbocycles. The van der Waals surface area contributed by atoms with Crippen molar-refractivity contribution in [2.24, 2.45) is 5.41 Å². The third-order valence-corrected chi connectivity index (χ3v) is 4.72. The molecule has 1 unspecified atom stereocenters. The highest BCUT2D eigenvalue weighted by Gasteiger charge is 2.24. The van der Waals surface area contributed by atoms with Gasteiger partial charge in [-0.15, -0.1) is 0 Å². The fourth-order valence-corrected chi connectivity index (χ4v) is 2.83. The van der Waals surface area contributed by atoms with Crippen LogP contribution in [-0.2, 0) is 16.1 Å². The molecule has 6 nitrogen and oxygen atoms in total. The van der Waals surface area contributed by atoms with Crippen LogP contribution in [0.5, 0.6) is 5.75 Å². The van der Waals surface area contributed by atoms with E-state index in [9.17, 15) is 14.7 Å². The standard InChI is InChI=1S/C26H35NO5/c1-17-9-8-10-19(13-17)23(29)32-22-12-11-18(21(28)15-27-26(5,6)7)14-20(22)16-31-24(30)25(2,3)4/h8-14,21,27-28H,15-16H2,1-7H3. The Hall–Kier alpha value is -2.70. The third-order valence-electron chi connectivity index (χ3n) is 4.72. The van der Waals surface area contributed by atoms with Gasteiger partial charge in [-0.25, -0.2) is 4.79 Å². The second-order valence-electron chi connectivity index (χ2n) is 10.1. The zero-order valence-corrected chi connectivity index (χ0v) is 20.1. The van der Waals surface area contributed by atoms with E-state index >= 15 is 0 Å². The number of nitrogens with one attached hydrogen (secondary N) is 1. The Kier molecular flexibility index (Phi) is 8.21. The second kappa shape index (κ2) is 10.3. The molecule has 0 aliphatic heterocycles. The molecule has 1 atom stereocenters. The first kappa shape index (κ1) is 25.6. The molecule has 0 bridgehead atoms. The van der Waals surface area contributed by atoms with Gasteiger partial charge in [-0.05, 0) is 78.3 Å². The number of aliphatic hydroxyl groups excluding tert-OH is 1. The molecule has 6 heteroatoms. The predicted molar refractivity (Wildman–Crippen MR) is 125 cm³/mol. The van der Waals surface area contributed by atoms with Crippen molar-refractivity contribution >= 4 is 11.9 Å². The topological polar surface area (TPSA) is 84.9 Å². The van der Waals surface area contributed by atoms with E-state index in [1.54, 1.807) is 57.2 Å². The molecule has 0 fully saturated rings. The largest absolute Gasteiger partial charge is 0.460 e. The Bertz CT molecular complexity index is 953. The summed E-state index contributed by atoms with van der Waals surface area (Å²) < 4.78 is 11.1. The lowest BCUT2D eigenvalue weighted by molar-refractivity contribution is -0.154. The Balaban J connectivity index is 2.28. The van der Waals surface area contributed by atoms with Crippen LogP contribution in [0.1, 0.15) is 74.7 Å². The number of aliphatic hydroxyl groups is 1. The monoisotopic (exact) mass is 441 g/mol. The van der Waals surface area contributed by atoms with Crippen LogP contribution in [-0.4, -0.2) is 29.1 Å². The van der Waals surface area contributed by atoms with Gasteiger partial charge < -0.3 is 19.9 Å². The summed E-state index contributed by atoms with van der Waals surface area (Å²) in [6, 6.07) is 12.2. The number of hydrogen-bond acceptors (Lipinski definition) is 6. The third kappa shape index (κ3) is 7.77. The number of benzene rings is 2. The molecule has 2 rings (SSSR count). The first-order valence-corrected chi connectivity index (χ1v) is 10.8. The van der Waals surface area contributed by atoms with Crippen LogP contribution in [0, 0.1) is 12.3 Å². The molecule has 2 N–H and O–H groups in total. The molecule has 0 saturated carbocycles. The predicted octanol–water partition coefficient (Wildman–Crippen LogP) is 4.73. The molecule has 32 heavy (non-hydrogen) atoms. The quantitative estimate of drug-likeness (QED) is 0.478. The first-order valence-electron chi connectivity index (χ1n) is 10.8. The van der Waals surface area contributed by atoms with Gasteiger partial charge in [0.1, 0.15) is 12.4 Å². The summed E-state index contributed by atoms with van der Waals surface area (Å²) in [5.74, 6) is -0.577. The summed E-state index contributed by atoms with van der Waals surface area (Å²) in [5.41, 5.74) is 1.72. The van der Waals surface area contributed by atoms with Crippen molar-refractivity contribution in [1.82, 2.24) is 5.32 Å². The molecule has 0 spiro atoms. The fourth-order valence-electron chi connectivity index (χ4n) is 2.83. The van der Waals surface area contributed by atoms with Crippen LogP contribution in [0.4, 0.5) is 0 Å². The van der Waals surface area contributed by atoms with Gasteiger partial charge in [0, 0.05) is 17.6 Å². The molecule has 174 valence electrons. The molecule has 0 amide bonds. The minimum absolute atomic E-state index is 0.0696. The summed E-state index contributed by atoms with van der Waals surface area (Å²) >= 11 is 0. The van der Waals surface area contributed by atoms with Gasteiger partial charge in [-0.1, -0.05) is 23.8 Å². The summed E-state index contributed by atoms with van der Waals surface area (Å²) in [4.78, 5) is 24.9.